The summed E-state index contributed by atoms with van der Waals surface area (Å²) in [5, 5.41) is 3.41. The average Bonchev–Trinajstić information content (AvgIpc) is 2.98. The molecule has 0 aromatic heterocycles. The average molecular weight is 205 g/mol. The Kier molecular flexibility index (Phi) is 2.96. The van der Waals surface area contributed by atoms with Crippen molar-refractivity contribution >= 4 is 0 Å². The lowest BCUT2D eigenvalue weighted by molar-refractivity contribution is 0.414. The summed E-state index contributed by atoms with van der Waals surface area (Å²) in [4.78, 5) is 0. The zero-order valence-corrected chi connectivity index (χ0v) is 9.66. The van der Waals surface area contributed by atoms with Crippen LogP contribution in [0.3, 0.4) is 0 Å². The Morgan fingerprint density at radius 3 is 2.33 bits per heavy atom. The Labute approximate surface area is 91.6 Å². The highest BCUT2D eigenvalue weighted by Gasteiger charge is 2.39. The van der Waals surface area contributed by atoms with Crippen LogP contribution in [0, 0.1) is 11.8 Å². The van der Waals surface area contributed by atoms with Gasteiger partial charge in [-0.3, -0.25) is 0 Å². The summed E-state index contributed by atoms with van der Waals surface area (Å²) in [7, 11) is 3.74. The monoisotopic (exact) mass is 205 g/mol. The molecule has 1 N–H and O–H groups in total. The van der Waals surface area contributed by atoms with Gasteiger partial charge in [0.05, 0.1) is 7.11 Å². The molecule has 2 rings (SSSR count). The smallest absolute Gasteiger partial charge is 0.118 e. The van der Waals surface area contributed by atoms with Crippen LogP contribution in [0.25, 0.3) is 0 Å². The summed E-state index contributed by atoms with van der Waals surface area (Å²) in [6, 6.07) is 8.89. The minimum atomic E-state index is 0.505. The van der Waals surface area contributed by atoms with E-state index in [2.05, 4.69) is 24.4 Å². The second-order valence-corrected chi connectivity index (χ2v) is 4.42. The maximum atomic E-state index is 5.16. The molecule has 82 valence electrons. The van der Waals surface area contributed by atoms with Crippen LogP contribution in [0.5, 0.6) is 5.75 Å². The van der Waals surface area contributed by atoms with Crippen molar-refractivity contribution in [2.24, 2.45) is 11.8 Å². The Bertz CT molecular complexity index is 320. The first kappa shape index (κ1) is 10.5. The van der Waals surface area contributed by atoms with Crippen molar-refractivity contribution < 1.29 is 4.74 Å². The SMILES string of the molecule is CNC(c1ccc(OC)cc1)C1CC1C. The second kappa shape index (κ2) is 4.23. The third kappa shape index (κ3) is 2.15. The maximum Gasteiger partial charge on any atom is 0.118 e. The van der Waals surface area contributed by atoms with Crippen LogP contribution in [0.4, 0.5) is 0 Å². The van der Waals surface area contributed by atoms with Gasteiger partial charge in [0.2, 0.25) is 0 Å². The largest absolute Gasteiger partial charge is 0.497 e. The van der Waals surface area contributed by atoms with Gasteiger partial charge < -0.3 is 10.1 Å². The van der Waals surface area contributed by atoms with Crippen LogP contribution < -0.4 is 10.1 Å². The summed E-state index contributed by atoms with van der Waals surface area (Å²) in [6.45, 7) is 2.32. The number of rotatable bonds is 4. The number of ether oxygens (including phenoxy) is 1. The molecular weight excluding hydrogens is 186 g/mol. The summed E-state index contributed by atoms with van der Waals surface area (Å²) in [6.07, 6.45) is 1.34. The third-order valence-electron chi connectivity index (χ3n) is 3.39. The van der Waals surface area contributed by atoms with Crippen molar-refractivity contribution in [2.75, 3.05) is 14.2 Å². The van der Waals surface area contributed by atoms with Crippen molar-refractivity contribution in [2.45, 2.75) is 19.4 Å². The molecule has 2 nitrogen and oxygen atoms in total. The molecule has 15 heavy (non-hydrogen) atoms. The van der Waals surface area contributed by atoms with E-state index in [1.54, 1.807) is 7.11 Å². The quantitative estimate of drug-likeness (QED) is 0.815. The molecule has 1 aliphatic carbocycles. The second-order valence-electron chi connectivity index (χ2n) is 4.42. The molecule has 2 heteroatoms. The molecule has 1 fully saturated rings. The van der Waals surface area contributed by atoms with Crippen molar-refractivity contribution in [1.82, 2.24) is 5.32 Å². The minimum Gasteiger partial charge on any atom is -0.497 e. The minimum absolute atomic E-state index is 0.505. The first-order chi connectivity index (χ1) is 7.26. The highest BCUT2D eigenvalue weighted by atomic mass is 16.5. The van der Waals surface area contributed by atoms with Crippen LogP contribution in [0.2, 0.25) is 0 Å². The van der Waals surface area contributed by atoms with Gasteiger partial charge in [0.15, 0.2) is 0 Å². The zero-order chi connectivity index (χ0) is 10.8. The molecule has 0 aliphatic heterocycles. The molecule has 0 bridgehead atoms. The van der Waals surface area contributed by atoms with Gasteiger partial charge in [-0.1, -0.05) is 19.1 Å². The molecule has 3 unspecified atom stereocenters. The van der Waals surface area contributed by atoms with Gasteiger partial charge in [-0.25, -0.2) is 0 Å². The van der Waals surface area contributed by atoms with E-state index >= 15 is 0 Å². The van der Waals surface area contributed by atoms with Gasteiger partial charge in [-0.2, -0.15) is 0 Å². The van der Waals surface area contributed by atoms with Gasteiger partial charge in [-0.05, 0) is 43.0 Å². The first-order valence-electron chi connectivity index (χ1n) is 5.57. The summed E-state index contributed by atoms with van der Waals surface area (Å²) >= 11 is 0. The van der Waals surface area contributed by atoms with E-state index in [1.807, 2.05) is 19.2 Å². The van der Waals surface area contributed by atoms with Crippen LogP contribution in [-0.2, 0) is 0 Å². The highest BCUT2D eigenvalue weighted by molar-refractivity contribution is 5.30. The fourth-order valence-corrected chi connectivity index (χ4v) is 2.25. The Balaban J connectivity index is 2.12. The summed E-state index contributed by atoms with van der Waals surface area (Å²) in [5.41, 5.74) is 1.37. The Morgan fingerprint density at radius 2 is 1.93 bits per heavy atom. The van der Waals surface area contributed by atoms with E-state index in [1.165, 1.54) is 12.0 Å². The molecule has 1 aliphatic rings. The number of methoxy groups -OCH3 is 1. The molecule has 1 saturated carbocycles. The summed E-state index contributed by atoms with van der Waals surface area (Å²) in [5.74, 6) is 2.60. The predicted molar refractivity (Wildman–Crippen MR) is 62.1 cm³/mol. The fraction of sp³-hybridized carbons (Fsp3) is 0.538. The standard InChI is InChI=1S/C13H19NO/c1-9-8-12(9)13(14-2)10-4-6-11(15-3)7-5-10/h4-7,9,12-14H,8H2,1-3H3. The molecule has 0 amide bonds. The lowest BCUT2D eigenvalue weighted by Crippen LogP contribution is -2.18. The van der Waals surface area contributed by atoms with E-state index in [-0.39, 0.29) is 0 Å². The molecule has 1 aromatic carbocycles. The van der Waals surface area contributed by atoms with Gasteiger partial charge >= 0.3 is 0 Å². The van der Waals surface area contributed by atoms with E-state index in [0.717, 1.165) is 17.6 Å². The van der Waals surface area contributed by atoms with Crippen LogP contribution in [-0.4, -0.2) is 14.2 Å². The zero-order valence-electron chi connectivity index (χ0n) is 9.66. The number of hydrogen-bond donors (Lipinski definition) is 1. The van der Waals surface area contributed by atoms with Gasteiger partial charge in [0, 0.05) is 6.04 Å². The number of nitrogens with one attached hydrogen (secondary N) is 1. The Hall–Kier alpha value is -1.02. The lowest BCUT2D eigenvalue weighted by Gasteiger charge is -2.16. The third-order valence-corrected chi connectivity index (χ3v) is 3.39. The maximum absolute atomic E-state index is 5.16. The van der Waals surface area contributed by atoms with E-state index < -0.39 is 0 Å². The van der Waals surface area contributed by atoms with Crippen molar-refractivity contribution in [1.29, 1.82) is 0 Å². The normalized spacial score (nSPS) is 26.1. The Morgan fingerprint density at radius 1 is 1.33 bits per heavy atom. The topological polar surface area (TPSA) is 21.3 Å². The number of hydrogen-bond acceptors (Lipinski definition) is 2. The van der Waals surface area contributed by atoms with Gasteiger partial charge in [0.25, 0.3) is 0 Å². The highest BCUT2D eigenvalue weighted by Crippen LogP contribution is 2.46. The van der Waals surface area contributed by atoms with E-state index in [0.29, 0.717) is 6.04 Å². The number of benzene rings is 1. The molecule has 0 spiro atoms. The predicted octanol–water partition coefficient (Wildman–Crippen LogP) is 2.61. The fourth-order valence-electron chi connectivity index (χ4n) is 2.25. The molecule has 3 atom stereocenters. The van der Waals surface area contributed by atoms with Crippen molar-refractivity contribution in [3.63, 3.8) is 0 Å². The first-order valence-corrected chi connectivity index (χ1v) is 5.57. The van der Waals surface area contributed by atoms with Crippen molar-refractivity contribution in [3.05, 3.63) is 29.8 Å². The van der Waals surface area contributed by atoms with Gasteiger partial charge in [0.1, 0.15) is 5.75 Å². The van der Waals surface area contributed by atoms with Crippen LogP contribution >= 0.6 is 0 Å². The van der Waals surface area contributed by atoms with Crippen LogP contribution in [0.15, 0.2) is 24.3 Å². The van der Waals surface area contributed by atoms with Crippen LogP contribution in [0.1, 0.15) is 24.9 Å². The van der Waals surface area contributed by atoms with E-state index in [9.17, 15) is 0 Å². The van der Waals surface area contributed by atoms with E-state index in [4.69, 9.17) is 4.74 Å². The molecule has 0 saturated heterocycles. The molecular formula is C13H19NO. The van der Waals surface area contributed by atoms with Crippen molar-refractivity contribution in [3.8, 4) is 5.75 Å². The molecule has 0 heterocycles. The summed E-state index contributed by atoms with van der Waals surface area (Å²) < 4.78 is 5.16. The molecule has 1 aromatic rings. The van der Waals surface area contributed by atoms with Gasteiger partial charge in [-0.15, -0.1) is 0 Å². The molecule has 0 radical (unpaired) electrons. The lowest BCUT2D eigenvalue weighted by atomic mass is 10.0.